The number of carbonyl (C=O) groups is 2. The third-order valence-corrected chi connectivity index (χ3v) is 7.49. The van der Waals surface area contributed by atoms with Gasteiger partial charge >= 0.3 is 5.97 Å². The van der Waals surface area contributed by atoms with Crippen molar-refractivity contribution in [2.24, 2.45) is 0 Å². The Hall–Kier alpha value is -2.49. The zero-order chi connectivity index (χ0) is 23.3. The summed E-state index contributed by atoms with van der Waals surface area (Å²) >= 11 is 0. The Morgan fingerprint density at radius 1 is 1.03 bits per heavy atom. The highest BCUT2D eigenvalue weighted by atomic mass is 32.2. The number of ether oxygens (including phenoxy) is 1. The fourth-order valence-corrected chi connectivity index (χ4v) is 5.64. The molecule has 0 atom stereocenters. The van der Waals surface area contributed by atoms with Crippen LogP contribution in [0.1, 0.15) is 74.6 Å². The van der Waals surface area contributed by atoms with E-state index in [1.54, 1.807) is 0 Å². The monoisotopic (exact) mass is 466 g/mol. The number of hydrogen-bond acceptors (Lipinski definition) is 7. The summed E-state index contributed by atoms with van der Waals surface area (Å²) < 4.78 is 28.7. The van der Waals surface area contributed by atoms with Crippen molar-refractivity contribution in [3.8, 4) is 0 Å². The van der Waals surface area contributed by atoms with Gasteiger partial charge in [0.05, 0.1) is 10.5 Å². The van der Waals surface area contributed by atoms with Crippen LogP contribution in [0.5, 0.6) is 0 Å². The molecule has 176 valence electrons. The van der Waals surface area contributed by atoms with Crippen molar-refractivity contribution in [2.75, 3.05) is 12.9 Å². The average Bonchev–Trinajstić information content (AvgIpc) is 2.78. The van der Waals surface area contributed by atoms with Gasteiger partial charge in [-0.25, -0.2) is 13.2 Å². The highest BCUT2D eigenvalue weighted by Crippen LogP contribution is 2.30. The van der Waals surface area contributed by atoms with E-state index in [2.05, 4.69) is 0 Å². The molecule has 0 radical (unpaired) electrons. The minimum atomic E-state index is -3.84. The van der Waals surface area contributed by atoms with Gasteiger partial charge in [0.1, 0.15) is 4.90 Å². The molecule has 0 N–H and O–H groups in total. The molecule has 1 aromatic rings. The Morgan fingerprint density at radius 2 is 1.56 bits per heavy atom. The van der Waals surface area contributed by atoms with Gasteiger partial charge in [0.2, 0.25) is 0 Å². The van der Waals surface area contributed by atoms with Crippen LogP contribution in [0.4, 0.5) is 5.69 Å². The van der Waals surface area contributed by atoms with Gasteiger partial charge in [-0.05, 0) is 37.8 Å². The summed E-state index contributed by atoms with van der Waals surface area (Å²) in [5.41, 5.74) is -0.863. The summed E-state index contributed by atoms with van der Waals surface area (Å²) in [7, 11) is -3.84. The standard InChI is InChI=1S/C22H30N2O7S/c1-32(29,30)20-13-12-16(14-19(20)24(27)28)22(26)31-15-21(25)23(17-8-4-2-5-9-17)18-10-6-3-7-11-18/h12-14,17-18H,2-11,15H2,1H3. The second-order valence-corrected chi connectivity index (χ2v) is 10.7. The fraction of sp³-hybridized carbons (Fsp3) is 0.636. The molecule has 32 heavy (non-hydrogen) atoms. The molecule has 0 aliphatic heterocycles. The maximum atomic E-state index is 13.1. The largest absolute Gasteiger partial charge is 0.452 e. The van der Waals surface area contributed by atoms with Gasteiger partial charge in [-0.2, -0.15) is 0 Å². The fourth-order valence-electron chi connectivity index (χ4n) is 4.81. The molecule has 0 aromatic heterocycles. The van der Waals surface area contributed by atoms with Gasteiger partial charge in [0.15, 0.2) is 16.4 Å². The average molecular weight is 467 g/mol. The first-order valence-corrected chi connectivity index (χ1v) is 13.0. The van der Waals surface area contributed by atoms with Gasteiger partial charge in [-0.15, -0.1) is 0 Å². The number of sulfone groups is 1. The predicted molar refractivity (Wildman–Crippen MR) is 117 cm³/mol. The van der Waals surface area contributed by atoms with Crippen molar-refractivity contribution >= 4 is 27.4 Å². The summed E-state index contributed by atoms with van der Waals surface area (Å²) in [6.45, 7) is -0.437. The third-order valence-electron chi connectivity index (χ3n) is 6.34. The van der Waals surface area contributed by atoms with Gasteiger partial charge in [-0.1, -0.05) is 38.5 Å². The molecule has 2 aliphatic rings. The number of amides is 1. The first kappa shape index (κ1) is 24.2. The number of nitro benzene ring substituents is 1. The minimum absolute atomic E-state index is 0.160. The van der Waals surface area contributed by atoms with Gasteiger partial charge in [0, 0.05) is 24.4 Å². The molecular weight excluding hydrogens is 436 g/mol. The van der Waals surface area contributed by atoms with E-state index in [1.165, 1.54) is 12.8 Å². The number of nitro groups is 1. The SMILES string of the molecule is CS(=O)(=O)c1ccc(C(=O)OCC(=O)N(C2CCCCC2)C2CCCCC2)cc1[N+](=O)[O-]. The van der Waals surface area contributed by atoms with E-state index in [0.717, 1.165) is 75.8 Å². The van der Waals surface area contributed by atoms with Crippen LogP contribution in [0.25, 0.3) is 0 Å². The van der Waals surface area contributed by atoms with Crippen LogP contribution in [0.2, 0.25) is 0 Å². The van der Waals surface area contributed by atoms with E-state index in [-0.39, 0.29) is 23.6 Å². The molecule has 3 rings (SSSR count). The van der Waals surface area contributed by atoms with Crippen molar-refractivity contribution in [3.05, 3.63) is 33.9 Å². The summed E-state index contributed by atoms with van der Waals surface area (Å²) in [6, 6.07) is 3.38. The van der Waals surface area contributed by atoms with Crippen LogP contribution in [-0.4, -0.2) is 55.1 Å². The van der Waals surface area contributed by atoms with Crippen LogP contribution in [0, 0.1) is 10.1 Å². The molecule has 9 nitrogen and oxygen atoms in total. The molecule has 2 fully saturated rings. The van der Waals surface area contributed by atoms with Gasteiger partial charge < -0.3 is 9.64 Å². The smallest absolute Gasteiger partial charge is 0.338 e. The van der Waals surface area contributed by atoms with E-state index < -0.39 is 37.9 Å². The third kappa shape index (κ3) is 5.85. The molecule has 0 bridgehead atoms. The van der Waals surface area contributed by atoms with Gasteiger partial charge in [-0.3, -0.25) is 14.9 Å². The Bertz CT molecular complexity index is 946. The Balaban J connectivity index is 1.72. The van der Waals surface area contributed by atoms with Crippen LogP contribution < -0.4 is 0 Å². The molecule has 1 aromatic carbocycles. The summed E-state index contributed by atoms with van der Waals surface area (Å²) in [5, 5.41) is 11.3. The predicted octanol–water partition coefficient (Wildman–Crippen LogP) is 3.65. The van der Waals surface area contributed by atoms with Crippen molar-refractivity contribution in [1.29, 1.82) is 0 Å². The Kier molecular flexibility index (Phi) is 7.86. The lowest BCUT2D eigenvalue weighted by atomic mass is 9.88. The number of nitrogens with zero attached hydrogens (tertiary/aromatic N) is 2. The zero-order valence-electron chi connectivity index (χ0n) is 18.3. The van der Waals surface area contributed by atoms with E-state index in [0.29, 0.717) is 0 Å². The molecule has 0 spiro atoms. The molecule has 0 saturated heterocycles. The number of benzene rings is 1. The molecule has 2 saturated carbocycles. The number of carbonyl (C=O) groups excluding carboxylic acids is 2. The maximum Gasteiger partial charge on any atom is 0.338 e. The molecule has 0 unspecified atom stereocenters. The minimum Gasteiger partial charge on any atom is -0.452 e. The summed E-state index contributed by atoms with van der Waals surface area (Å²) in [5.74, 6) is -1.13. The van der Waals surface area contributed by atoms with Crippen molar-refractivity contribution in [2.45, 2.75) is 81.2 Å². The van der Waals surface area contributed by atoms with Crippen LogP contribution >= 0.6 is 0 Å². The van der Waals surface area contributed by atoms with Crippen molar-refractivity contribution < 1.29 is 27.7 Å². The second kappa shape index (κ2) is 10.4. The lowest BCUT2D eigenvalue weighted by Crippen LogP contribution is -2.50. The van der Waals surface area contributed by atoms with Crippen molar-refractivity contribution in [1.82, 2.24) is 4.90 Å². The maximum absolute atomic E-state index is 13.1. The summed E-state index contributed by atoms with van der Waals surface area (Å²) in [4.78, 5) is 37.5. The number of hydrogen-bond donors (Lipinski definition) is 0. The molecular formula is C22H30N2O7S. The highest BCUT2D eigenvalue weighted by Gasteiger charge is 2.33. The topological polar surface area (TPSA) is 124 Å². The zero-order valence-corrected chi connectivity index (χ0v) is 19.1. The van der Waals surface area contributed by atoms with E-state index in [4.69, 9.17) is 4.74 Å². The number of esters is 1. The Labute approximate surface area is 188 Å². The van der Waals surface area contributed by atoms with E-state index in [9.17, 15) is 28.1 Å². The number of rotatable bonds is 7. The normalized spacial score (nSPS) is 18.2. The molecule has 1 amide bonds. The first-order valence-electron chi connectivity index (χ1n) is 11.2. The van der Waals surface area contributed by atoms with Crippen LogP contribution in [0.3, 0.4) is 0 Å². The molecule has 0 heterocycles. The van der Waals surface area contributed by atoms with Crippen LogP contribution in [0.15, 0.2) is 23.1 Å². The highest BCUT2D eigenvalue weighted by molar-refractivity contribution is 7.90. The van der Waals surface area contributed by atoms with Crippen molar-refractivity contribution in [3.63, 3.8) is 0 Å². The lowest BCUT2D eigenvalue weighted by Gasteiger charge is -2.41. The quantitative estimate of drug-likeness (QED) is 0.341. The first-order chi connectivity index (χ1) is 15.2. The summed E-state index contributed by atoms with van der Waals surface area (Å²) in [6.07, 6.45) is 11.3. The second-order valence-electron chi connectivity index (χ2n) is 8.67. The Morgan fingerprint density at radius 3 is 2.03 bits per heavy atom. The molecule has 2 aliphatic carbocycles. The van der Waals surface area contributed by atoms with E-state index >= 15 is 0 Å². The molecule has 10 heteroatoms. The lowest BCUT2D eigenvalue weighted by molar-refractivity contribution is -0.387. The van der Waals surface area contributed by atoms with E-state index in [1.807, 2.05) is 4.90 Å². The van der Waals surface area contributed by atoms with Gasteiger partial charge in [0.25, 0.3) is 11.6 Å². The van der Waals surface area contributed by atoms with Crippen LogP contribution in [-0.2, 0) is 19.4 Å².